The van der Waals surface area contributed by atoms with Gasteiger partial charge in [-0.1, -0.05) is 18.2 Å². The molecule has 9 heteroatoms. The molecule has 3 rings (SSSR count). The molecule has 0 spiro atoms. The Balaban J connectivity index is 1.59. The molecule has 0 bridgehead atoms. The summed E-state index contributed by atoms with van der Waals surface area (Å²) in [5.41, 5.74) is -0.799. The Hall–Kier alpha value is -2.13. The van der Waals surface area contributed by atoms with Crippen molar-refractivity contribution in [3.8, 4) is 0 Å². The van der Waals surface area contributed by atoms with Crippen molar-refractivity contribution in [3.05, 3.63) is 54.2 Å². The number of aromatic nitrogens is 1. The first-order valence-electron chi connectivity index (χ1n) is 8.12. The first kappa shape index (κ1) is 18.7. The standard InChI is InChI=1S/C17H18F3N3O2S/c18-17(19,20)13-6-7-16(21-12-13)22-14-8-10-23(11-9-14)26(24,25)15-4-2-1-3-5-15/h1-7,12,14H,8-11H2,(H,21,22). The smallest absolute Gasteiger partial charge is 0.367 e. The van der Waals surface area contributed by atoms with Crippen LogP contribution in [0, 0.1) is 0 Å². The third kappa shape index (κ3) is 4.16. The fourth-order valence-corrected chi connectivity index (χ4v) is 4.33. The van der Waals surface area contributed by atoms with Gasteiger partial charge in [0.2, 0.25) is 10.0 Å². The number of benzene rings is 1. The molecule has 5 nitrogen and oxygen atoms in total. The van der Waals surface area contributed by atoms with Crippen molar-refractivity contribution in [2.24, 2.45) is 0 Å². The number of hydrogen-bond donors (Lipinski definition) is 1. The zero-order valence-corrected chi connectivity index (χ0v) is 14.6. The highest BCUT2D eigenvalue weighted by Crippen LogP contribution is 2.29. The molecule has 0 aliphatic carbocycles. The number of anilines is 1. The molecule has 2 aromatic rings. The van der Waals surface area contributed by atoms with Crippen molar-refractivity contribution >= 4 is 15.8 Å². The lowest BCUT2D eigenvalue weighted by atomic mass is 10.1. The summed E-state index contributed by atoms with van der Waals surface area (Å²) < 4.78 is 64.2. The second-order valence-electron chi connectivity index (χ2n) is 6.07. The normalized spacial score (nSPS) is 17.2. The van der Waals surface area contributed by atoms with Crippen LogP contribution in [-0.4, -0.2) is 36.8 Å². The van der Waals surface area contributed by atoms with E-state index >= 15 is 0 Å². The van der Waals surface area contributed by atoms with E-state index in [1.807, 2.05) is 0 Å². The van der Waals surface area contributed by atoms with Gasteiger partial charge in [0, 0.05) is 25.3 Å². The van der Waals surface area contributed by atoms with Crippen LogP contribution in [0.1, 0.15) is 18.4 Å². The molecule has 1 aromatic carbocycles. The third-order valence-electron chi connectivity index (χ3n) is 4.28. The van der Waals surface area contributed by atoms with Crippen LogP contribution in [0.4, 0.5) is 19.0 Å². The molecule has 0 unspecified atom stereocenters. The van der Waals surface area contributed by atoms with Crippen molar-refractivity contribution in [1.29, 1.82) is 0 Å². The van der Waals surface area contributed by atoms with Gasteiger partial charge in [-0.3, -0.25) is 0 Å². The number of piperidine rings is 1. The second kappa shape index (κ2) is 7.24. The molecular weight excluding hydrogens is 367 g/mol. The Morgan fingerprint density at radius 2 is 1.69 bits per heavy atom. The second-order valence-corrected chi connectivity index (χ2v) is 8.00. The van der Waals surface area contributed by atoms with Gasteiger partial charge in [0.1, 0.15) is 5.82 Å². The number of rotatable bonds is 4. The third-order valence-corrected chi connectivity index (χ3v) is 6.19. The van der Waals surface area contributed by atoms with E-state index < -0.39 is 21.8 Å². The van der Waals surface area contributed by atoms with Crippen LogP contribution in [0.15, 0.2) is 53.6 Å². The van der Waals surface area contributed by atoms with E-state index in [1.54, 1.807) is 30.3 Å². The number of sulfonamides is 1. The fourth-order valence-electron chi connectivity index (χ4n) is 2.84. The zero-order chi connectivity index (χ0) is 18.8. The monoisotopic (exact) mass is 385 g/mol. The molecule has 1 N–H and O–H groups in total. The maximum Gasteiger partial charge on any atom is 0.417 e. The van der Waals surface area contributed by atoms with Crippen molar-refractivity contribution in [1.82, 2.24) is 9.29 Å². The molecule has 1 aliphatic rings. The molecule has 1 fully saturated rings. The van der Waals surface area contributed by atoms with Crippen molar-refractivity contribution in [2.75, 3.05) is 18.4 Å². The molecule has 1 saturated heterocycles. The molecule has 0 radical (unpaired) electrons. The fraction of sp³-hybridized carbons (Fsp3) is 0.353. The molecule has 140 valence electrons. The quantitative estimate of drug-likeness (QED) is 0.877. The first-order valence-corrected chi connectivity index (χ1v) is 9.56. The zero-order valence-electron chi connectivity index (χ0n) is 13.8. The maximum atomic E-state index is 12.6. The summed E-state index contributed by atoms with van der Waals surface area (Å²) >= 11 is 0. The van der Waals surface area contributed by atoms with Gasteiger partial charge in [-0.15, -0.1) is 0 Å². The minimum absolute atomic E-state index is 0.0403. The van der Waals surface area contributed by atoms with Crippen LogP contribution < -0.4 is 5.32 Å². The molecule has 0 atom stereocenters. The number of pyridine rings is 1. The SMILES string of the molecule is O=S(=O)(c1ccccc1)N1CCC(Nc2ccc(C(F)(F)F)cn2)CC1. The number of hydrogen-bond acceptors (Lipinski definition) is 4. The summed E-state index contributed by atoms with van der Waals surface area (Å²) in [5, 5.41) is 3.07. The summed E-state index contributed by atoms with van der Waals surface area (Å²) in [7, 11) is -3.52. The van der Waals surface area contributed by atoms with Crippen LogP contribution in [0.2, 0.25) is 0 Å². The minimum atomic E-state index is -4.41. The van der Waals surface area contributed by atoms with Gasteiger partial charge in [-0.25, -0.2) is 13.4 Å². The van der Waals surface area contributed by atoms with Crippen molar-refractivity contribution in [3.63, 3.8) is 0 Å². The molecule has 2 heterocycles. The average Bonchev–Trinajstić information content (AvgIpc) is 2.63. The lowest BCUT2D eigenvalue weighted by Gasteiger charge is -2.31. The van der Waals surface area contributed by atoms with Crippen molar-refractivity contribution < 1.29 is 21.6 Å². The van der Waals surface area contributed by atoms with Gasteiger partial charge in [0.05, 0.1) is 10.5 Å². The van der Waals surface area contributed by atoms with E-state index in [4.69, 9.17) is 0 Å². The highest BCUT2D eigenvalue weighted by Gasteiger charge is 2.31. The van der Waals surface area contributed by atoms with Crippen LogP contribution >= 0.6 is 0 Å². The molecule has 0 saturated carbocycles. The summed E-state index contributed by atoms with van der Waals surface area (Å²) in [6.07, 6.45) is -2.52. The molecule has 26 heavy (non-hydrogen) atoms. The maximum absolute atomic E-state index is 12.6. The van der Waals surface area contributed by atoms with E-state index in [0.717, 1.165) is 12.3 Å². The van der Waals surface area contributed by atoms with Gasteiger partial charge in [-0.05, 0) is 37.1 Å². The van der Waals surface area contributed by atoms with Crippen LogP contribution in [0.3, 0.4) is 0 Å². The van der Waals surface area contributed by atoms with Crippen LogP contribution in [0.5, 0.6) is 0 Å². The predicted octanol–water partition coefficient (Wildman–Crippen LogP) is 3.37. The number of alkyl halides is 3. The lowest BCUT2D eigenvalue weighted by Crippen LogP contribution is -2.42. The largest absolute Gasteiger partial charge is 0.417 e. The van der Waals surface area contributed by atoms with Gasteiger partial charge in [-0.2, -0.15) is 17.5 Å². The highest BCUT2D eigenvalue weighted by atomic mass is 32.2. The van der Waals surface area contributed by atoms with E-state index in [9.17, 15) is 21.6 Å². The average molecular weight is 385 g/mol. The number of nitrogens with zero attached hydrogens (tertiary/aromatic N) is 2. The van der Waals surface area contributed by atoms with Crippen LogP contribution in [-0.2, 0) is 16.2 Å². The minimum Gasteiger partial charge on any atom is -0.367 e. The van der Waals surface area contributed by atoms with Gasteiger partial charge in [0.25, 0.3) is 0 Å². The molecule has 1 aliphatic heterocycles. The molecule has 1 aromatic heterocycles. The van der Waals surface area contributed by atoms with Crippen LogP contribution in [0.25, 0.3) is 0 Å². The first-order chi connectivity index (χ1) is 12.3. The van der Waals surface area contributed by atoms with Crippen molar-refractivity contribution in [2.45, 2.75) is 30.0 Å². The van der Waals surface area contributed by atoms with E-state index in [-0.39, 0.29) is 10.9 Å². The van der Waals surface area contributed by atoms with E-state index in [0.29, 0.717) is 31.7 Å². The van der Waals surface area contributed by atoms with Gasteiger partial charge >= 0.3 is 6.18 Å². The Morgan fingerprint density at radius 3 is 2.23 bits per heavy atom. The summed E-state index contributed by atoms with van der Waals surface area (Å²) in [5.74, 6) is 0.349. The summed E-state index contributed by atoms with van der Waals surface area (Å²) in [6.45, 7) is 0.686. The van der Waals surface area contributed by atoms with Gasteiger partial charge in [0.15, 0.2) is 0 Å². The molecular formula is C17H18F3N3O2S. The summed E-state index contributed by atoms with van der Waals surface area (Å²) in [6, 6.07) is 10.5. The summed E-state index contributed by atoms with van der Waals surface area (Å²) in [4.78, 5) is 4.05. The molecule has 0 amide bonds. The van der Waals surface area contributed by atoms with E-state index in [2.05, 4.69) is 10.3 Å². The Labute approximate surface area is 149 Å². The van der Waals surface area contributed by atoms with Gasteiger partial charge < -0.3 is 5.32 Å². The Morgan fingerprint density at radius 1 is 1.04 bits per heavy atom. The highest BCUT2D eigenvalue weighted by molar-refractivity contribution is 7.89. The Bertz CT molecular complexity index is 832. The van der Waals surface area contributed by atoms with E-state index in [1.165, 1.54) is 10.4 Å². The number of nitrogens with one attached hydrogen (secondary N) is 1. The lowest BCUT2D eigenvalue weighted by molar-refractivity contribution is -0.137. The number of halogens is 3. The topological polar surface area (TPSA) is 62.3 Å². The Kier molecular flexibility index (Phi) is 5.19. The predicted molar refractivity (Wildman–Crippen MR) is 91.1 cm³/mol.